The lowest BCUT2D eigenvalue weighted by Gasteiger charge is -2.20. The molecule has 356 valence electrons. The summed E-state index contributed by atoms with van der Waals surface area (Å²) in [4.78, 5) is 46.1. The van der Waals surface area contributed by atoms with Crippen LogP contribution < -0.4 is 5.73 Å². The summed E-state index contributed by atoms with van der Waals surface area (Å²) in [5.74, 6) is -2.46. The second-order valence-corrected chi connectivity index (χ2v) is 17.3. The molecule has 0 bridgehead atoms. The number of hydrogen-bond donors (Lipinski definition) is 3. The topological polar surface area (TPSA) is 172 Å². The summed E-state index contributed by atoms with van der Waals surface area (Å²) in [5, 5.41) is 8.91. The first-order valence-electron chi connectivity index (χ1n) is 24.0. The van der Waals surface area contributed by atoms with Crippen molar-refractivity contribution in [2.45, 2.75) is 206 Å². The van der Waals surface area contributed by atoms with Crippen molar-refractivity contribution in [2.75, 3.05) is 19.8 Å². The first-order chi connectivity index (χ1) is 30.1. The molecule has 4 N–H and O–H groups in total. The summed E-state index contributed by atoms with van der Waals surface area (Å²) < 4.78 is 32.7. The van der Waals surface area contributed by atoms with Crippen LogP contribution in [0.4, 0.5) is 0 Å². The van der Waals surface area contributed by atoms with Crippen LogP contribution in [0, 0.1) is 0 Å². The summed E-state index contributed by atoms with van der Waals surface area (Å²) in [6, 6.07) is -1.53. The summed E-state index contributed by atoms with van der Waals surface area (Å²) in [6.07, 6.45) is 54.0. The molecule has 3 atom stereocenters. The first-order valence-corrected chi connectivity index (χ1v) is 25.5. The van der Waals surface area contributed by atoms with E-state index in [1.54, 1.807) is 0 Å². The van der Waals surface area contributed by atoms with E-state index in [9.17, 15) is 23.8 Å². The third kappa shape index (κ3) is 43.6. The van der Waals surface area contributed by atoms with Gasteiger partial charge >= 0.3 is 25.7 Å². The number of allylic oxidation sites excluding steroid dienone is 12. The molecule has 62 heavy (non-hydrogen) atoms. The van der Waals surface area contributed by atoms with E-state index < -0.39 is 51.1 Å². The minimum atomic E-state index is -4.74. The van der Waals surface area contributed by atoms with Gasteiger partial charge in [-0.3, -0.25) is 23.4 Å². The molecule has 12 heteroatoms. The summed E-state index contributed by atoms with van der Waals surface area (Å²) in [6.45, 7) is 2.72. The number of carbonyl (C=O) groups excluding carboxylic acids is 2. The van der Waals surface area contributed by atoms with Gasteiger partial charge in [-0.15, -0.1) is 0 Å². The van der Waals surface area contributed by atoms with Crippen LogP contribution >= 0.6 is 7.82 Å². The Morgan fingerprint density at radius 3 is 1.35 bits per heavy atom. The lowest BCUT2D eigenvalue weighted by atomic mass is 10.1. The van der Waals surface area contributed by atoms with Crippen LogP contribution in [-0.4, -0.2) is 59.9 Å². The maximum atomic E-state index is 12.7. The van der Waals surface area contributed by atoms with E-state index in [0.29, 0.717) is 19.3 Å². The molecule has 0 heterocycles. The Balaban J connectivity index is 4.42. The zero-order chi connectivity index (χ0) is 45.6. The van der Waals surface area contributed by atoms with Gasteiger partial charge in [0.25, 0.3) is 0 Å². The number of rotatable bonds is 44. The fourth-order valence-corrected chi connectivity index (χ4v) is 6.92. The highest BCUT2D eigenvalue weighted by atomic mass is 31.2. The van der Waals surface area contributed by atoms with E-state index in [-0.39, 0.29) is 19.4 Å². The Morgan fingerprint density at radius 2 is 0.871 bits per heavy atom. The van der Waals surface area contributed by atoms with E-state index >= 15 is 0 Å². The van der Waals surface area contributed by atoms with Crippen LogP contribution in [0.15, 0.2) is 72.9 Å². The number of phosphoric ester groups is 1. The van der Waals surface area contributed by atoms with Gasteiger partial charge in [0.05, 0.1) is 13.2 Å². The molecule has 0 amide bonds. The minimum Gasteiger partial charge on any atom is -0.480 e. The van der Waals surface area contributed by atoms with Gasteiger partial charge < -0.3 is 25.2 Å². The molecule has 11 nitrogen and oxygen atoms in total. The van der Waals surface area contributed by atoms with E-state index in [4.69, 9.17) is 24.8 Å². The number of hydrogen-bond acceptors (Lipinski definition) is 9. The fourth-order valence-electron chi connectivity index (χ4n) is 6.15. The third-order valence-corrected chi connectivity index (χ3v) is 10.9. The molecule has 0 rings (SSSR count). The largest absolute Gasteiger partial charge is 0.480 e. The van der Waals surface area contributed by atoms with Crippen molar-refractivity contribution < 1.29 is 47.5 Å². The Bertz CT molecular complexity index is 1320. The highest BCUT2D eigenvalue weighted by molar-refractivity contribution is 7.47. The maximum Gasteiger partial charge on any atom is 0.472 e. The summed E-state index contributed by atoms with van der Waals surface area (Å²) in [5.41, 5.74) is 5.34. The number of unbranched alkanes of at least 4 members (excludes halogenated alkanes) is 18. The van der Waals surface area contributed by atoms with Crippen LogP contribution in [0.1, 0.15) is 194 Å². The van der Waals surface area contributed by atoms with Gasteiger partial charge in [-0.05, 0) is 83.5 Å². The molecule has 0 aliphatic rings. The lowest BCUT2D eigenvalue weighted by molar-refractivity contribution is -0.161. The van der Waals surface area contributed by atoms with Crippen LogP contribution in [0.3, 0.4) is 0 Å². The van der Waals surface area contributed by atoms with Gasteiger partial charge in [0.15, 0.2) is 6.10 Å². The molecule has 0 radical (unpaired) electrons. The quantitative estimate of drug-likeness (QED) is 0.0230. The second kappa shape index (κ2) is 44.5. The number of esters is 2. The highest BCUT2D eigenvalue weighted by Gasteiger charge is 2.28. The molecule has 0 aliphatic heterocycles. The lowest BCUT2D eigenvalue weighted by Crippen LogP contribution is -2.34. The van der Waals surface area contributed by atoms with Gasteiger partial charge in [-0.1, -0.05) is 170 Å². The molecule has 0 spiro atoms. The van der Waals surface area contributed by atoms with Crippen molar-refractivity contribution in [3.8, 4) is 0 Å². The molecule has 0 fully saturated rings. The molecule has 0 saturated heterocycles. The monoisotopic (exact) mass is 892 g/mol. The van der Waals surface area contributed by atoms with Crippen molar-refractivity contribution in [1.29, 1.82) is 0 Å². The zero-order valence-corrected chi connectivity index (χ0v) is 39.6. The number of aliphatic carboxylic acids is 1. The van der Waals surface area contributed by atoms with Crippen molar-refractivity contribution in [3.63, 3.8) is 0 Å². The Kier molecular flexibility index (Phi) is 42.3. The molecule has 0 aromatic rings. The van der Waals surface area contributed by atoms with Crippen LogP contribution in [0.2, 0.25) is 0 Å². The van der Waals surface area contributed by atoms with E-state index in [2.05, 4.69) is 85.2 Å². The third-order valence-electron chi connectivity index (χ3n) is 9.93. The summed E-state index contributed by atoms with van der Waals surface area (Å²) >= 11 is 0. The number of carbonyl (C=O) groups is 3. The molecule has 1 unspecified atom stereocenters. The predicted molar refractivity (Wildman–Crippen MR) is 254 cm³/mol. The molecular weight excluding hydrogens is 806 g/mol. The van der Waals surface area contributed by atoms with Gasteiger partial charge in [0, 0.05) is 12.8 Å². The van der Waals surface area contributed by atoms with Crippen LogP contribution in [0.25, 0.3) is 0 Å². The number of carboxylic acids is 1. The van der Waals surface area contributed by atoms with Crippen LogP contribution in [-0.2, 0) is 37.5 Å². The Morgan fingerprint density at radius 1 is 0.500 bits per heavy atom. The minimum absolute atomic E-state index is 0.137. The Labute approximate surface area is 376 Å². The number of nitrogens with two attached hydrogens (primary N) is 1. The van der Waals surface area contributed by atoms with Gasteiger partial charge in [-0.25, -0.2) is 4.57 Å². The van der Waals surface area contributed by atoms with Crippen molar-refractivity contribution >= 4 is 25.7 Å². The predicted octanol–water partition coefficient (Wildman–Crippen LogP) is 13.3. The molecule has 0 aromatic heterocycles. The van der Waals surface area contributed by atoms with E-state index in [1.807, 2.05) is 6.08 Å². The first kappa shape index (κ1) is 58.9. The smallest absolute Gasteiger partial charge is 0.472 e. The van der Waals surface area contributed by atoms with Crippen molar-refractivity contribution in [2.24, 2.45) is 5.73 Å². The zero-order valence-electron chi connectivity index (χ0n) is 38.7. The highest BCUT2D eigenvalue weighted by Crippen LogP contribution is 2.43. The fraction of sp³-hybridized carbons (Fsp3) is 0.700. The van der Waals surface area contributed by atoms with Gasteiger partial charge in [0.2, 0.25) is 0 Å². The second-order valence-electron chi connectivity index (χ2n) is 15.9. The average molecular weight is 892 g/mol. The molecule has 0 aromatic carbocycles. The van der Waals surface area contributed by atoms with E-state index in [0.717, 1.165) is 57.8 Å². The van der Waals surface area contributed by atoms with Crippen molar-refractivity contribution in [1.82, 2.24) is 0 Å². The van der Waals surface area contributed by atoms with Crippen LogP contribution in [0.5, 0.6) is 0 Å². The normalized spacial score (nSPS) is 14.3. The number of phosphoric acid groups is 1. The average Bonchev–Trinajstić information content (AvgIpc) is 3.25. The standard InChI is InChI=1S/C50H86NO10P/c1-3-5-7-9-11-13-15-17-19-21-22-23-24-26-27-29-31-33-35-37-39-41-48(52)58-43-46(44-59-62(56,57)60-45-47(51)50(54)55)61-49(53)42-40-38-36-34-32-30-28-25-20-18-16-14-12-10-8-6-4-2/h12,14,18-21,23-24,27,29,33,35,46-47H,3-11,13,15-17,22,25-26,28,30-32,34,36-45,51H2,1-2H3,(H,54,55)(H,56,57)/b14-12+,20-18+,21-19+,24-23+,29-27+,35-33+/t46-,47+/m1/s1. The Hall–Kier alpha value is -3.08. The van der Waals surface area contributed by atoms with E-state index in [1.165, 1.54) is 89.9 Å². The molecule has 0 saturated carbocycles. The van der Waals surface area contributed by atoms with Crippen molar-refractivity contribution in [3.05, 3.63) is 72.9 Å². The SMILES string of the molecule is CCCCC/C=C/C/C=C/CCCCCCCCCC(=O)O[C@H](COC(=O)CCC/C=C/C/C=C/C/C=C/C/C=C/CCCCCCCCC)COP(=O)(O)OC[C@H](N)C(=O)O. The number of ether oxygens (including phenoxy) is 2. The number of carboxylic acid groups (broad SMARTS) is 1. The molecule has 0 aliphatic carbocycles. The summed E-state index contributed by atoms with van der Waals surface area (Å²) in [7, 11) is -4.74. The van der Waals surface area contributed by atoms with Gasteiger partial charge in [-0.2, -0.15) is 0 Å². The maximum absolute atomic E-state index is 12.7. The van der Waals surface area contributed by atoms with Gasteiger partial charge in [0.1, 0.15) is 12.6 Å². The molecular formula is C50H86NO10P.